The fraction of sp³-hybridized carbons (Fsp3) is 0.538. The van der Waals surface area contributed by atoms with Gasteiger partial charge >= 0.3 is 0 Å². The van der Waals surface area contributed by atoms with Gasteiger partial charge in [-0.2, -0.15) is 0 Å². The number of rotatable bonds is 4. The minimum atomic E-state index is -0.229. The number of benzene rings is 1. The molecule has 2 unspecified atom stereocenters. The molecule has 1 aromatic rings. The van der Waals surface area contributed by atoms with Crippen molar-refractivity contribution in [3.63, 3.8) is 0 Å². The second kappa shape index (κ2) is 6.24. The molecule has 18 heavy (non-hydrogen) atoms. The van der Waals surface area contributed by atoms with E-state index in [0.29, 0.717) is 26.2 Å². The topological polar surface area (TPSA) is 56.5 Å². The number of hydrogen-bond donors (Lipinski definition) is 2. The van der Waals surface area contributed by atoms with Crippen LogP contribution in [0.2, 0.25) is 0 Å². The fourth-order valence-electron chi connectivity index (χ4n) is 2.13. The Morgan fingerprint density at radius 2 is 2.33 bits per heavy atom. The van der Waals surface area contributed by atoms with Gasteiger partial charge in [-0.15, -0.1) is 0 Å². The van der Waals surface area contributed by atoms with Gasteiger partial charge in [-0.25, -0.2) is 4.39 Å². The molecule has 0 spiro atoms. The minimum absolute atomic E-state index is 0.0780. The minimum Gasteiger partial charge on any atom is -0.376 e. The van der Waals surface area contributed by atoms with Crippen molar-refractivity contribution in [3.05, 3.63) is 35.1 Å². The number of ether oxygens (including phenoxy) is 2. The van der Waals surface area contributed by atoms with Crippen LogP contribution in [0, 0.1) is 12.7 Å². The zero-order valence-corrected chi connectivity index (χ0v) is 10.5. The van der Waals surface area contributed by atoms with E-state index in [1.54, 1.807) is 12.1 Å². The predicted molar refractivity (Wildman–Crippen MR) is 66.5 cm³/mol. The Balaban J connectivity index is 2.06. The third-order valence-corrected chi connectivity index (χ3v) is 3.26. The Morgan fingerprint density at radius 1 is 1.50 bits per heavy atom. The number of hydrazine groups is 1. The average molecular weight is 254 g/mol. The molecule has 0 saturated carbocycles. The molecule has 1 saturated heterocycles. The van der Waals surface area contributed by atoms with E-state index in [4.69, 9.17) is 15.3 Å². The highest BCUT2D eigenvalue weighted by Gasteiger charge is 2.25. The van der Waals surface area contributed by atoms with Crippen molar-refractivity contribution in [2.24, 2.45) is 5.84 Å². The Bertz CT molecular complexity index is 395. The first-order chi connectivity index (χ1) is 8.70. The molecule has 1 aromatic carbocycles. The molecule has 0 aromatic heterocycles. The monoisotopic (exact) mass is 254 g/mol. The Morgan fingerprint density at radius 3 is 3.00 bits per heavy atom. The highest BCUT2D eigenvalue weighted by atomic mass is 19.1. The lowest BCUT2D eigenvalue weighted by molar-refractivity contribution is -0.101. The van der Waals surface area contributed by atoms with Crippen LogP contribution in [-0.4, -0.2) is 32.0 Å². The van der Waals surface area contributed by atoms with Crippen LogP contribution in [0.4, 0.5) is 4.39 Å². The summed E-state index contributed by atoms with van der Waals surface area (Å²) in [6.07, 6.45) is 0.528. The Labute approximate surface area is 106 Å². The summed E-state index contributed by atoms with van der Waals surface area (Å²) < 4.78 is 24.2. The largest absolute Gasteiger partial charge is 0.376 e. The van der Waals surface area contributed by atoms with Crippen molar-refractivity contribution in [2.45, 2.75) is 25.5 Å². The van der Waals surface area contributed by atoms with E-state index in [0.717, 1.165) is 11.1 Å². The van der Waals surface area contributed by atoms with Crippen LogP contribution in [0.25, 0.3) is 0 Å². The quantitative estimate of drug-likeness (QED) is 0.620. The van der Waals surface area contributed by atoms with Crippen LogP contribution in [0.1, 0.15) is 11.1 Å². The smallest absolute Gasteiger partial charge is 0.123 e. The summed E-state index contributed by atoms with van der Waals surface area (Å²) in [6.45, 7) is 3.67. The summed E-state index contributed by atoms with van der Waals surface area (Å²) in [5.74, 6) is 5.33. The zero-order valence-electron chi connectivity index (χ0n) is 10.5. The van der Waals surface area contributed by atoms with Gasteiger partial charge in [-0.05, 0) is 36.6 Å². The van der Waals surface area contributed by atoms with Gasteiger partial charge in [0.15, 0.2) is 0 Å². The van der Waals surface area contributed by atoms with Crippen LogP contribution in [0.5, 0.6) is 0 Å². The normalized spacial score (nSPS) is 21.8. The molecule has 1 aliphatic heterocycles. The molecule has 1 heterocycles. The average Bonchev–Trinajstić information content (AvgIpc) is 2.41. The summed E-state index contributed by atoms with van der Waals surface area (Å²) in [5, 5.41) is 0. The number of hydrogen-bond acceptors (Lipinski definition) is 4. The van der Waals surface area contributed by atoms with Crippen molar-refractivity contribution in [1.29, 1.82) is 0 Å². The molecular formula is C13H19FN2O2. The Kier molecular flexibility index (Phi) is 4.66. The van der Waals surface area contributed by atoms with E-state index in [-0.39, 0.29) is 18.0 Å². The van der Waals surface area contributed by atoms with Crippen LogP contribution in [0.3, 0.4) is 0 Å². The van der Waals surface area contributed by atoms with Gasteiger partial charge in [0.05, 0.1) is 32.0 Å². The van der Waals surface area contributed by atoms with E-state index in [9.17, 15) is 4.39 Å². The summed E-state index contributed by atoms with van der Waals surface area (Å²) >= 11 is 0. The molecule has 0 aliphatic carbocycles. The SMILES string of the molecule is Cc1ccc(F)cc1CC(NN)C1COCCO1. The second-order valence-corrected chi connectivity index (χ2v) is 4.53. The van der Waals surface area contributed by atoms with Crippen molar-refractivity contribution in [3.8, 4) is 0 Å². The van der Waals surface area contributed by atoms with E-state index in [2.05, 4.69) is 5.43 Å². The lowest BCUT2D eigenvalue weighted by Crippen LogP contribution is -2.50. The summed E-state index contributed by atoms with van der Waals surface area (Å²) in [4.78, 5) is 0. The summed E-state index contributed by atoms with van der Waals surface area (Å²) in [7, 11) is 0. The maximum Gasteiger partial charge on any atom is 0.123 e. The lowest BCUT2D eigenvalue weighted by atomic mass is 9.98. The van der Waals surface area contributed by atoms with E-state index < -0.39 is 0 Å². The lowest BCUT2D eigenvalue weighted by Gasteiger charge is -2.30. The van der Waals surface area contributed by atoms with Gasteiger partial charge in [0.2, 0.25) is 0 Å². The van der Waals surface area contributed by atoms with Gasteiger partial charge in [0, 0.05) is 0 Å². The van der Waals surface area contributed by atoms with Gasteiger partial charge in [-0.1, -0.05) is 6.07 Å². The van der Waals surface area contributed by atoms with Crippen LogP contribution in [-0.2, 0) is 15.9 Å². The number of halogens is 1. The molecule has 2 rings (SSSR count). The van der Waals surface area contributed by atoms with Crippen LogP contribution >= 0.6 is 0 Å². The number of aryl methyl sites for hydroxylation is 1. The second-order valence-electron chi connectivity index (χ2n) is 4.53. The van der Waals surface area contributed by atoms with E-state index in [1.807, 2.05) is 6.92 Å². The maximum atomic E-state index is 13.2. The molecule has 1 fully saturated rings. The van der Waals surface area contributed by atoms with Crippen LogP contribution in [0.15, 0.2) is 18.2 Å². The van der Waals surface area contributed by atoms with Gasteiger partial charge < -0.3 is 9.47 Å². The first kappa shape index (κ1) is 13.4. The van der Waals surface area contributed by atoms with Gasteiger partial charge in [0.25, 0.3) is 0 Å². The first-order valence-corrected chi connectivity index (χ1v) is 6.11. The molecule has 1 aliphatic rings. The van der Waals surface area contributed by atoms with Crippen molar-refractivity contribution in [1.82, 2.24) is 5.43 Å². The highest BCUT2D eigenvalue weighted by Crippen LogP contribution is 2.16. The predicted octanol–water partition coefficient (Wildman–Crippen LogP) is 0.924. The van der Waals surface area contributed by atoms with Crippen LogP contribution < -0.4 is 11.3 Å². The zero-order chi connectivity index (χ0) is 13.0. The summed E-state index contributed by atoms with van der Waals surface area (Å²) in [5.41, 5.74) is 4.73. The summed E-state index contributed by atoms with van der Waals surface area (Å²) in [6, 6.07) is 4.70. The Hall–Kier alpha value is -1.01. The maximum absolute atomic E-state index is 13.2. The van der Waals surface area contributed by atoms with Crippen molar-refractivity contribution in [2.75, 3.05) is 19.8 Å². The molecule has 3 N–H and O–H groups in total. The first-order valence-electron chi connectivity index (χ1n) is 6.11. The molecule has 4 nitrogen and oxygen atoms in total. The molecule has 0 bridgehead atoms. The fourth-order valence-corrected chi connectivity index (χ4v) is 2.13. The molecule has 0 radical (unpaired) electrons. The highest BCUT2D eigenvalue weighted by molar-refractivity contribution is 5.27. The number of nitrogens with two attached hydrogens (primary N) is 1. The van der Waals surface area contributed by atoms with Gasteiger partial charge in [0.1, 0.15) is 5.82 Å². The third-order valence-electron chi connectivity index (χ3n) is 3.26. The number of nitrogens with one attached hydrogen (secondary N) is 1. The molecule has 5 heteroatoms. The van der Waals surface area contributed by atoms with Crippen molar-refractivity contribution >= 4 is 0 Å². The third kappa shape index (κ3) is 3.26. The standard InChI is InChI=1S/C13H19FN2O2/c1-9-2-3-11(14)6-10(9)7-12(16-15)13-8-17-4-5-18-13/h2-3,6,12-13,16H,4-5,7-8,15H2,1H3. The molecular weight excluding hydrogens is 235 g/mol. The van der Waals surface area contributed by atoms with Crippen molar-refractivity contribution < 1.29 is 13.9 Å². The molecule has 2 atom stereocenters. The van der Waals surface area contributed by atoms with E-state index in [1.165, 1.54) is 6.07 Å². The molecule has 100 valence electrons. The van der Waals surface area contributed by atoms with E-state index >= 15 is 0 Å². The van der Waals surface area contributed by atoms with Gasteiger partial charge in [-0.3, -0.25) is 11.3 Å². The molecule has 0 amide bonds.